The Morgan fingerprint density at radius 2 is 1.63 bits per heavy atom. The Balaban J connectivity index is 1.38. The maximum absolute atomic E-state index is 13.7. The van der Waals surface area contributed by atoms with Gasteiger partial charge in [0.15, 0.2) is 0 Å². The molecule has 0 aromatic heterocycles. The Labute approximate surface area is 202 Å². The molecule has 0 radical (unpaired) electrons. The molecule has 8 nitrogen and oxygen atoms in total. The van der Waals surface area contributed by atoms with Gasteiger partial charge in [-0.05, 0) is 73.3 Å². The molecule has 7 rings (SSSR count). The summed E-state index contributed by atoms with van der Waals surface area (Å²) in [7, 11) is 0. The van der Waals surface area contributed by atoms with Crippen LogP contribution in [0.2, 0.25) is 0 Å². The van der Waals surface area contributed by atoms with Gasteiger partial charge in [-0.2, -0.15) is 0 Å². The molecule has 178 valence electrons. The molecule has 2 bridgehead atoms. The van der Waals surface area contributed by atoms with Crippen molar-refractivity contribution in [1.29, 1.82) is 0 Å². The molecule has 6 atom stereocenters. The van der Waals surface area contributed by atoms with Gasteiger partial charge in [-0.1, -0.05) is 30.4 Å². The first-order valence-electron chi connectivity index (χ1n) is 11.9. The lowest BCUT2D eigenvalue weighted by Gasteiger charge is -2.37. The second-order valence-corrected chi connectivity index (χ2v) is 10.2. The van der Waals surface area contributed by atoms with Gasteiger partial charge < -0.3 is 0 Å². The second kappa shape index (κ2) is 7.60. The second-order valence-electron chi connectivity index (χ2n) is 10.2. The Kier molecular flexibility index (Phi) is 4.71. The highest BCUT2D eigenvalue weighted by Gasteiger charge is 2.67. The highest BCUT2D eigenvalue weighted by Crippen LogP contribution is 2.65. The highest BCUT2D eigenvalue weighted by molar-refractivity contribution is 6.11. The van der Waals surface area contributed by atoms with Crippen LogP contribution in [-0.2, 0) is 9.59 Å². The van der Waals surface area contributed by atoms with Gasteiger partial charge in [0.1, 0.15) is 12.2 Å². The van der Waals surface area contributed by atoms with Gasteiger partial charge in [0.25, 0.3) is 11.6 Å². The number of likely N-dealkylation sites (tertiary alicyclic amines) is 1. The van der Waals surface area contributed by atoms with Gasteiger partial charge in [0.05, 0.1) is 16.8 Å². The molecule has 6 unspecified atom stereocenters. The zero-order chi connectivity index (χ0) is 24.6. The first kappa shape index (κ1) is 21.7. The minimum atomic E-state index is -0.625. The smallest absolute Gasteiger partial charge is 0.282 e. The predicted octanol–water partition coefficient (Wildman–Crippen LogP) is 3.87. The normalized spacial score (nSPS) is 29.7. The van der Waals surface area contributed by atoms with Crippen LogP contribution in [0.5, 0.6) is 0 Å². The summed E-state index contributed by atoms with van der Waals surface area (Å²) in [6, 6.07) is 11.2. The van der Waals surface area contributed by atoms with Crippen LogP contribution in [0.25, 0.3) is 0 Å². The molecule has 2 aromatic rings. The molecule has 0 N–H and O–H groups in total. The Morgan fingerprint density at radius 3 is 2.23 bits per heavy atom. The lowest BCUT2D eigenvalue weighted by Crippen LogP contribution is -2.45. The highest BCUT2D eigenvalue weighted by atomic mass is 16.6. The number of rotatable bonds is 5. The van der Waals surface area contributed by atoms with Crippen LogP contribution in [0.15, 0.2) is 54.6 Å². The van der Waals surface area contributed by atoms with Crippen molar-refractivity contribution >= 4 is 29.1 Å². The van der Waals surface area contributed by atoms with E-state index >= 15 is 0 Å². The number of aryl methyl sites for hydroxylation is 2. The van der Waals surface area contributed by atoms with E-state index in [0.717, 1.165) is 17.5 Å². The number of hydrogen-bond donors (Lipinski definition) is 0. The van der Waals surface area contributed by atoms with Crippen molar-refractivity contribution in [3.63, 3.8) is 0 Å². The van der Waals surface area contributed by atoms with Crippen LogP contribution in [0.3, 0.4) is 0 Å². The van der Waals surface area contributed by atoms with Crippen molar-refractivity contribution in [2.75, 3.05) is 11.6 Å². The van der Waals surface area contributed by atoms with Crippen molar-refractivity contribution in [2.45, 2.75) is 20.3 Å². The summed E-state index contributed by atoms with van der Waals surface area (Å²) in [4.78, 5) is 54.4. The standard InChI is InChI=1S/C27H25N3O5/c1-14-7-8-16(11-15(14)2)28(25(31)19-5-3-4-6-22(19)30(34)35)13-29-26(32)23-17-9-10-18(21-12-20(17)21)24(23)27(29)33/h3-11,17-18,20-21,23-24H,12-13H2,1-2H3. The van der Waals surface area contributed by atoms with E-state index < -0.39 is 10.8 Å². The summed E-state index contributed by atoms with van der Waals surface area (Å²) >= 11 is 0. The van der Waals surface area contributed by atoms with Crippen LogP contribution in [0.1, 0.15) is 27.9 Å². The van der Waals surface area contributed by atoms with Crippen LogP contribution in [0.4, 0.5) is 11.4 Å². The Hall–Kier alpha value is -3.81. The third kappa shape index (κ3) is 3.16. The van der Waals surface area contributed by atoms with E-state index in [0.29, 0.717) is 17.5 Å². The molecule has 2 saturated carbocycles. The molecule has 35 heavy (non-hydrogen) atoms. The van der Waals surface area contributed by atoms with Crippen LogP contribution in [0, 0.1) is 59.5 Å². The van der Waals surface area contributed by atoms with Gasteiger partial charge in [-0.25, -0.2) is 0 Å². The number of amides is 3. The maximum atomic E-state index is 13.7. The third-order valence-corrected chi connectivity index (χ3v) is 8.42. The number of carbonyl (C=O) groups is 3. The summed E-state index contributed by atoms with van der Waals surface area (Å²) in [5.41, 5.74) is 2.03. The largest absolute Gasteiger partial charge is 0.289 e. The molecule has 1 heterocycles. The van der Waals surface area contributed by atoms with Crippen molar-refractivity contribution in [2.24, 2.45) is 35.5 Å². The fourth-order valence-corrected chi connectivity index (χ4v) is 6.42. The van der Waals surface area contributed by atoms with E-state index in [-0.39, 0.29) is 53.4 Å². The van der Waals surface area contributed by atoms with Crippen LogP contribution in [-0.4, -0.2) is 34.2 Å². The molecular weight excluding hydrogens is 446 g/mol. The number of carbonyl (C=O) groups excluding carboxylic acids is 3. The zero-order valence-electron chi connectivity index (χ0n) is 19.5. The number of hydrogen-bond acceptors (Lipinski definition) is 5. The van der Waals surface area contributed by atoms with Gasteiger partial charge in [-0.15, -0.1) is 0 Å². The van der Waals surface area contributed by atoms with E-state index in [2.05, 4.69) is 12.2 Å². The summed E-state index contributed by atoms with van der Waals surface area (Å²) in [5.74, 6) is -0.731. The fraction of sp³-hybridized carbons (Fsp3) is 0.370. The van der Waals surface area contributed by atoms with E-state index in [4.69, 9.17) is 0 Å². The molecule has 1 saturated heterocycles. The van der Waals surface area contributed by atoms with Gasteiger partial charge in [0.2, 0.25) is 11.8 Å². The molecule has 2 aromatic carbocycles. The lowest BCUT2D eigenvalue weighted by atomic mass is 9.63. The van der Waals surface area contributed by atoms with Crippen molar-refractivity contribution in [1.82, 2.24) is 4.90 Å². The number of nitrogens with zero attached hydrogens (tertiary/aromatic N) is 3. The molecule has 4 aliphatic carbocycles. The molecule has 5 aliphatic rings. The molecule has 0 spiro atoms. The van der Waals surface area contributed by atoms with Crippen molar-refractivity contribution in [3.05, 3.63) is 81.4 Å². The quantitative estimate of drug-likeness (QED) is 0.285. The number of allylic oxidation sites excluding steroid dienone is 2. The number of anilines is 1. The Bertz CT molecular complexity index is 1300. The van der Waals surface area contributed by atoms with Gasteiger partial charge in [0, 0.05) is 11.8 Å². The molecule has 3 fully saturated rings. The van der Waals surface area contributed by atoms with Gasteiger partial charge >= 0.3 is 0 Å². The fourth-order valence-electron chi connectivity index (χ4n) is 6.42. The number of nitro groups is 1. The number of nitro benzene ring substituents is 1. The first-order chi connectivity index (χ1) is 16.8. The molecular formula is C27H25N3O5. The summed E-state index contributed by atoms with van der Waals surface area (Å²) in [6.07, 6.45) is 5.28. The van der Waals surface area contributed by atoms with E-state index in [9.17, 15) is 24.5 Å². The van der Waals surface area contributed by atoms with E-state index in [1.807, 2.05) is 19.9 Å². The number of para-hydroxylation sites is 1. The summed E-state index contributed by atoms with van der Waals surface area (Å²) in [5, 5.41) is 11.6. The van der Waals surface area contributed by atoms with Crippen molar-refractivity contribution in [3.8, 4) is 0 Å². The van der Waals surface area contributed by atoms with E-state index in [1.54, 1.807) is 18.2 Å². The maximum Gasteiger partial charge on any atom is 0.282 e. The monoisotopic (exact) mass is 471 g/mol. The SMILES string of the molecule is Cc1ccc(N(CN2C(=O)C3C4C=CC(C5CC45)C3C2=O)C(=O)c2ccccc2[N+](=O)[O-])cc1C. The number of imide groups is 1. The lowest BCUT2D eigenvalue weighted by molar-refractivity contribution is -0.385. The minimum Gasteiger partial charge on any atom is -0.289 e. The zero-order valence-corrected chi connectivity index (χ0v) is 19.5. The Morgan fingerprint density at radius 1 is 1.00 bits per heavy atom. The predicted molar refractivity (Wildman–Crippen MR) is 127 cm³/mol. The number of benzene rings is 2. The van der Waals surface area contributed by atoms with Crippen LogP contribution >= 0.6 is 0 Å². The first-order valence-corrected chi connectivity index (χ1v) is 11.9. The van der Waals surface area contributed by atoms with Gasteiger partial charge in [-0.3, -0.25) is 34.3 Å². The van der Waals surface area contributed by atoms with Crippen LogP contribution < -0.4 is 4.90 Å². The molecule has 8 heteroatoms. The van der Waals surface area contributed by atoms with E-state index in [1.165, 1.54) is 28.0 Å². The summed E-state index contributed by atoms with van der Waals surface area (Å²) < 4.78 is 0. The topological polar surface area (TPSA) is 101 Å². The molecule has 3 amide bonds. The average molecular weight is 472 g/mol. The average Bonchev–Trinajstić information content (AvgIpc) is 3.64. The third-order valence-electron chi connectivity index (χ3n) is 8.42. The minimum absolute atomic E-state index is 0.0810. The summed E-state index contributed by atoms with van der Waals surface area (Å²) in [6.45, 7) is 3.58. The van der Waals surface area contributed by atoms with Crippen molar-refractivity contribution < 1.29 is 19.3 Å². The molecule has 1 aliphatic heterocycles.